The van der Waals surface area contributed by atoms with Crippen LogP contribution in [0, 0.1) is 0 Å². The number of nitrogens with zero attached hydrogens (tertiary/aromatic N) is 1. The van der Waals surface area contributed by atoms with Gasteiger partial charge >= 0.3 is 12.1 Å². The van der Waals surface area contributed by atoms with Crippen molar-refractivity contribution in [3.8, 4) is 0 Å². The summed E-state index contributed by atoms with van der Waals surface area (Å²) in [6.45, 7) is 5.32. The normalized spacial score (nSPS) is 20.3. The number of amides is 1. The number of carbonyl (C=O) groups is 2. The van der Waals surface area contributed by atoms with Crippen molar-refractivity contribution in [2.24, 2.45) is 0 Å². The van der Waals surface area contributed by atoms with Crippen LogP contribution in [0.15, 0.2) is 24.4 Å². The Morgan fingerprint density at radius 3 is 2.65 bits per heavy atom. The number of carbonyl (C=O) groups excluding carboxylic acids is 2. The number of esters is 1. The van der Waals surface area contributed by atoms with E-state index in [1.54, 1.807) is 18.2 Å². The molecule has 0 saturated heterocycles. The molecular formula is C16H22N2O5. The predicted molar refractivity (Wildman–Crippen MR) is 81.8 cm³/mol. The number of aromatic nitrogens is 1. The Hall–Kier alpha value is -2.15. The molecule has 1 aromatic heterocycles. The highest BCUT2D eigenvalue weighted by Crippen LogP contribution is 2.23. The summed E-state index contributed by atoms with van der Waals surface area (Å²) in [5.74, 6) is -0.520. The van der Waals surface area contributed by atoms with Gasteiger partial charge in [0.05, 0.1) is 6.10 Å². The topological polar surface area (TPSA) is 86.8 Å². The van der Waals surface area contributed by atoms with E-state index in [0.717, 1.165) is 0 Å². The summed E-state index contributed by atoms with van der Waals surface area (Å²) in [6.07, 6.45) is 2.39. The van der Waals surface area contributed by atoms with Crippen LogP contribution >= 0.6 is 0 Å². The van der Waals surface area contributed by atoms with Crippen molar-refractivity contribution in [1.82, 2.24) is 10.3 Å². The van der Waals surface area contributed by atoms with Crippen LogP contribution in [0.4, 0.5) is 4.79 Å². The molecule has 0 atom stereocenters. The summed E-state index contributed by atoms with van der Waals surface area (Å²) >= 11 is 0. The third kappa shape index (κ3) is 5.86. The lowest BCUT2D eigenvalue weighted by Gasteiger charge is -2.35. The summed E-state index contributed by atoms with van der Waals surface area (Å²) in [4.78, 5) is 27.1. The number of nitrogens with one attached hydrogen (secondary N) is 1. The fourth-order valence-electron chi connectivity index (χ4n) is 2.04. The zero-order valence-electron chi connectivity index (χ0n) is 13.6. The van der Waals surface area contributed by atoms with E-state index in [0.29, 0.717) is 12.8 Å². The Balaban J connectivity index is 1.58. The van der Waals surface area contributed by atoms with Crippen molar-refractivity contribution in [3.63, 3.8) is 0 Å². The largest absolute Gasteiger partial charge is 0.444 e. The monoisotopic (exact) mass is 322 g/mol. The lowest BCUT2D eigenvalue weighted by molar-refractivity contribution is -0.0972. The highest BCUT2D eigenvalue weighted by atomic mass is 16.7. The molecule has 0 spiro atoms. The van der Waals surface area contributed by atoms with Gasteiger partial charge in [0.1, 0.15) is 11.3 Å². The van der Waals surface area contributed by atoms with E-state index in [-0.39, 0.29) is 24.6 Å². The number of rotatable bonds is 5. The Morgan fingerprint density at radius 2 is 2.04 bits per heavy atom. The Labute approximate surface area is 135 Å². The second kappa shape index (κ2) is 7.41. The van der Waals surface area contributed by atoms with Gasteiger partial charge < -0.3 is 19.5 Å². The predicted octanol–water partition coefficient (Wildman–Crippen LogP) is 2.27. The van der Waals surface area contributed by atoms with Crippen LogP contribution in [0.3, 0.4) is 0 Å². The molecule has 0 aliphatic heterocycles. The third-order valence-electron chi connectivity index (χ3n) is 3.18. The van der Waals surface area contributed by atoms with Crippen molar-refractivity contribution in [3.05, 3.63) is 30.1 Å². The van der Waals surface area contributed by atoms with Gasteiger partial charge in [-0.2, -0.15) is 0 Å². The fraction of sp³-hybridized carbons (Fsp3) is 0.562. The maximum atomic E-state index is 11.6. The second-order valence-corrected chi connectivity index (χ2v) is 6.37. The highest BCUT2D eigenvalue weighted by molar-refractivity contribution is 5.86. The molecule has 126 valence electrons. The second-order valence-electron chi connectivity index (χ2n) is 6.37. The first kappa shape index (κ1) is 17.2. The first-order valence-corrected chi connectivity index (χ1v) is 7.53. The number of pyridine rings is 1. The molecule has 1 aromatic rings. The van der Waals surface area contributed by atoms with E-state index in [4.69, 9.17) is 14.2 Å². The standard InChI is InChI=1S/C16H22N2O5/c1-16(2,3)23-15(20)18-11-8-12(9-11)21-10-22-14(19)13-6-4-5-7-17-13/h4-7,11-12H,8-10H2,1-3H3,(H,18,20). The highest BCUT2D eigenvalue weighted by Gasteiger charge is 2.32. The molecule has 7 heteroatoms. The van der Waals surface area contributed by atoms with Crippen LogP contribution in [0.1, 0.15) is 44.1 Å². The number of ether oxygens (including phenoxy) is 3. The zero-order valence-corrected chi connectivity index (χ0v) is 13.6. The SMILES string of the molecule is CC(C)(C)OC(=O)NC1CC(OCOC(=O)c2ccccn2)C1. The molecule has 1 fully saturated rings. The van der Waals surface area contributed by atoms with Gasteiger partial charge in [-0.1, -0.05) is 6.07 Å². The fourth-order valence-corrected chi connectivity index (χ4v) is 2.04. The maximum Gasteiger partial charge on any atom is 0.407 e. The van der Waals surface area contributed by atoms with E-state index in [1.807, 2.05) is 20.8 Å². The van der Waals surface area contributed by atoms with Gasteiger partial charge in [-0.05, 0) is 45.7 Å². The Morgan fingerprint density at radius 1 is 1.30 bits per heavy atom. The van der Waals surface area contributed by atoms with E-state index in [9.17, 15) is 9.59 Å². The smallest absolute Gasteiger partial charge is 0.407 e. The summed E-state index contributed by atoms with van der Waals surface area (Å²) in [5, 5.41) is 2.77. The molecule has 0 unspecified atom stereocenters. The van der Waals surface area contributed by atoms with E-state index >= 15 is 0 Å². The molecule has 1 aliphatic carbocycles. The molecular weight excluding hydrogens is 300 g/mol. The summed E-state index contributed by atoms with van der Waals surface area (Å²) in [5.41, 5.74) is -0.266. The van der Waals surface area contributed by atoms with Gasteiger partial charge in [0, 0.05) is 12.2 Å². The van der Waals surface area contributed by atoms with Gasteiger partial charge in [-0.15, -0.1) is 0 Å². The third-order valence-corrected chi connectivity index (χ3v) is 3.18. The van der Waals surface area contributed by atoms with Gasteiger partial charge in [0.2, 0.25) is 0 Å². The van der Waals surface area contributed by atoms with Crippen LogP contribution in [-0.4, -0.2) is 41.6 Å². The molecule has 7 nitrogen and oxygen atoms in total. The average molecular weight is 322 g/mol. The molecule has 1 heterocycles. The van der Waals surface area contributed by atoms with Crippen molar-refractivity contribution in [2.75, 3.05) is 6.79 Å². The molecule has 0 radical (unpaired) electrons. The van der Waals surface area contributed by atoms with E-state index in [2.05, 4.69) is 10.3 Å². The van der Waals surface area contributed by atoms with Crippen LogP contribution < -0.4 is 5.32 Å². The minimum atomic E-state index is -0.520. The van der Waals surface area contributed by atoms with Crippen LogP contribution in [0.25, 0.3) is 0 Å². The van der Waals surface area contributed by atoms with Crippen molar-refractivity contribution < 1.29 is 23.8 Å². The van der Waals surface area contributed by atoms with Crippen molar-refractivity contribution in [2.45, 2.75) is 51.4 Å². The average Bonchev–Trinajstić information content (AvgIpc) is 2.43. The quantitative estimate of drug-likeness (QED) is 0.661. The van der Waals surface area contributed by atoms with E-state index < -0.39 is 17.7 Å². The maximum absolute atomic E-state index is 11.6. The molecule has 1 N–H and O–H groups in total. The molecule has 1 saturated carbocycles. The van der Waals surface area contributed by atoms with E-state index in [1.165, 1.54) is 6.20 Å². The van der Waals surface area contributed by atoms with Crippen LogP contribution in [0.2, 0.25) is 0 Å². The Kier molecular flexibility index (Phi) is 5.54. The summed E-state index contributed by atoms with van der Waals surface area (Å²) < 4.78 is 15.6. The van der Waals surface area contributed by atoms with Crippen LogP contribution in [0.5, 0.6) is 0 Å². The van der Waals surface area contributed by atoms with Crippen LogP contribution in [-0.2, 0) is 14.2 Å². The lowest BCUT2D eigenvalue weighted by atomic mass is 9.89. The van der Waals surface area contributed by atoms with Crippen molar-refractivity contribution >= 4 is 12.1 Å². The first-order chi connectivity index (χ1) is 10.8. The molecule has 1 amide bonds. The van der Waals surface area contributed by atoms with Gasteiger partial charge in [-0.25, -0.2) is 14.6 Å². The van der Waals surface area contributed by atoms with Gasteiger partial charge in [0.15, 0.2) is 6.79 Å². The zero-order chi connectivity index (χ0) is 16.9. The van der Waals surface area contributed by atoms with Gasteiger partial charge in [-0.3, -0.25) is 0 Å². The molecule has 23 heavy (non-hydrogen) atoms. The number of hydrogen-bond donors (Lipinski definition) is 1. The lowest BCUT2D eigenvalue weighted by Crippen LogP contribution is -2.49. The first-order valence-electron chi connectivity index (χ1n) is 7.53. The molecule has 0 bridgehead atoms. The molecule has 0 aromatic carbocycles. The van der Waals surface area contributed by atoms with Crippen molar-refractivity contribution in [1.29, 1.82) is 0 Å². The summed E-state index contributed by atoms with van der Waals surface area (Å²) in [6, 6.07) is 5.04. The van der Waals surface area contributed by atoms with Gasteiger partial charge in [0.25, 0.3) is 0 Å². The molecule has 1 aliphatic rings. The minimum absolute atomic E-state index is 0.0290. The number of alkyl carbamates (subject to hydrolysis) is 1. The number of hydrogen-bond acceptors (Lipinski definition) is 6. The summed E-state index contributed by atoms with van der Waals surface area (Å²) in [7, 11) is 0. The minimum Gasteiger partial charge on any atom is -0.444 e. The Bertz CT molecular complexity index is 535. The molecule has 2 rings (SSSR count).